The SMILES string of the molecule is C=CCN(C(=O)C1N([C@H](C)CO)C(=O)[C@@H]2[C@H](C(=O)OCC)[C@@H]3CCC12O3)c1c(C)cccc1Cl. The lowest BCUT2D eigenvalue weighted by molar-refractivity contribution is -0.155. The Bertz CT molecular complexity index is 995. The quantitative estimate of drug-likeness (QED) is 0.444. The Morgan fingerprint density at radius 3 is 2.82 bits per heavy atom. The van der Waals surface area contributed by atoms with Crippen LogP contribution in [0.2, 0.25) is 5.02 Å². The number of carbonyl (C=O) groups excluding carboxylic acids is 3. The zero-order chi connectivity index (χ0) is 24.8. The van der Waals surface area contributed by atoms with Gasteiger partial charge in [-0.3, -0.25) is 14.4 Å². The number of hydrogen-bond acceptors (Lipinski definition) is 6. The molecule has 184 valence electrons. The van der Waals surface area contributed by atoms with Gasteiger partial charge in [0.15, 0.2) is 0 Å². The Hall–Kier alpha value is -2.42. The average molecular weight is 491 g/mol. The van der Waals surface area contributed by atoms with E-state index < -0.39 is 41.6 Å². The molecule has 1 N–H and O–H groups in total. The van der Waals surface area contributed by atoms with Gasteiger partial charge in [0.05, 0.1) is 47.9 Å². The fourth-order valence-corrected chi connectivity index (χ4v) is 6.30. The van der Waals surface area contributed by atoms with Gasteiger partial charge in [0.1, 0.15) is 11.6 Å². The molecule has 0 saturated carbocycles. The van der Waals surface area contributed by atoms with Gasteiger partial charge in [0, 0.05) is 6.54 Å². The fraction of sp³-hybridized carbons (Fsp3) is 0.560. The molecule has 3 aliphatic rings. The number of amides is 2. The van der Waals surface area contributed by atoms with Crippen molar-refractivity contribution in [2.75, 3.05) is 24.7 Å². The van der Waals surface area contributed by atoms with Gasteiger partial charge in [-0.05, 0) is 45.2 Å². The number of fused-ring (bicyclic) bond motifs is 1. The highest BCUT2D eigenvalue weighted by atomic mass is 35.5. The smallest absolute Gasteiger partial charge is 0.312 e. The van der Waals surface area contributed by atoms with E-state index in [1.165, 1.54) is 9.80 Å². The zero-order valence-electron chi connectivity index (χ0n) is 19.7. The molecule has 1 aromatic rings. The van der Waals surface area contributed by atoms with Crippen molar-refractivity contribution in [3.63, 3.8) is 0 Å². The van der Waals surface area contributed by atoms with E-state index in [1.54, 1.807) is 32.1 Å². The largest absolute Gasteiger partial charge is 0.466 e. The molecule has 3 aliphatic heterocycles. The number of aliphatic hydroxyl groups excluding tert-OH is 1. The second-order valence-electron chi connectivity index (χ2n) is 9.23. The van der Waals surface area contributed by atoms with Crippen molar-refractivity contribution in [3.8, 4) is 0 Å². The van der Waals surface area contributed by atoms with Crippen molar-refractivity contribution in [2.24, 2.45) is 11.8 Å². The van der Waals surface area contributed by atoms with Crippen LogP contribution in [0.4, 0.5) is 5.69 Å². The van der Waals surface area contributed by atoms with E-state index in [0.29, 0.717) is 23.6 Å². The van der Waals surface area contributed by atoms with E-state index in [-0.39, 0.29) is 31.6 Å². The van der Waals surface area contributed by atoms with Crippen LogP contribution in [0.3, 0.4) is 0 Å². The number of benzene rings is 1. The van der Waals surface area contributed by atoms with Gasteiger partial charge in [0.2, 0.25) is 5.91 Å². The fourth-order valence-electron chi connectivity index (χ4n) is 5.97. The third-order valence-corrected chi connectivity index (χ3v) is 7.61. The minimum absolute atomic E-state index is 0.168. The predicted octanol–water partition coefficient (Wildman–Crippen LogP) is 2.49. The molecule has 8 nitrogen and oxygen atoms in total. The maximum Gasteiger partial charge on any atom is 0.312 e. The molecule has 0 aromatic heterocycles. The first-order valence-corrected chi connectivity index (χ1v) is 12.1. The molecule has 3 heterocycles. The van der Waals surface area contributed by atoms with E-state index in [4.69, 9.17) is 21.1 Å². The minimum Gasteiger partial charge on any atom is -0.466 e. The number of carbonyl (C=O) groups is 3. The monoisotopic (exact) mass is 490 g/mol. The maximum absolute atomic E-state index is 14.3. The van der Waals surface area contributed by atoms with Crippen LogP contribution in [0.1, 0.15) is 32.3 Å². The Balaban J connectivity index is 1.83. The number of halogens is 1. The highest BCUT2D eigenvalue weighted by Gasteiger charge is 2.75. The summed E-state index contributed by atoms with van der Waals surface area (Å²) in [5, 5.41) is 10.4. The van der Waals surface area contributed by atoms with Crippen LogP contribution in [0.25, 0.3) is 0 Å². The normalized spacial score (nSPS) is 30.3. The molecule has 2 amide bonds. The standard InChI is InChI=1S/C25H31ClN2O6/c1-5-12-27(20-14(3)8-7-9-16(20)26)23(31)21-25-11-10-17(34-25)18(24(32)33-6-2)19(25)22(30)28(21)15(4)13-29/h5,7-9,15,17-19,21,29H,1,6,10-13H2,2-4H3/t15-,17+,18-,19+,21?,25?/m1/s1. The average Bonchev–Trinajstić information content (AvgIpc) is 3.45. The Morgan fingerprint density at radius 1 is 1.47 bits per heavy atom. The Morgan fingerprint density at radius 2 is 2.21 bits per heavy atom. The number of likely N-dealkylation sites (tertiary alicyclic amines) is 1. The lowest BCUT2D eigenvalue weighted by Gasteiger charge is -2.39. The number of rotatable bonds is 8. The first kappa shape index (κ1) is 24.7. The molecule has 3 fully saturated rings. The highest BCUT2D eigenvalue weighted by Crippen LogP contribution is 2.59. The summed E-state index contributed by atoms with van der Waals surface area (Å²) in [5.74, 6) is -2.84. The molecule has 2 bridgehead atoms. The van der Waals surface area contributed by atoms with Crippen molar-refractivity contribution >= 4 is 35.1 Å². The number of hydrogen-bond donors (Lipinski definition) is 1. The number of aryl methyl sites for hydroxylation is 1. The molecule has 9 heteroatoms. The van der Waals surface area contributed by atoms with E-state index >= 15 is 0 Å². The Kier molecular flexibility index (Phi) is 6.77. The van der Waals surface area contributed by atoms with Crippen molar-refractivity contribution in [1.29, 1.82) is 0 Å². The van der Waals surface area contributed by atoms with Gasteiger partial charge in [-0.25, -0.2) is 0 Å². The highest BCUT2D eigenvalue weighted by molar-refractivity contribution is 6.34. The predicted molar refractivity (Wildman–Crippen MR) is 126 cm³/mol. The molecular weight excluding hydrogens is 460 g/mol. The van der Waals surface area contributed by atoms with Crippen LogP contribution >= 0.6 is 11.6 Å². The van der Waals surface area contributed by atoms with Crippen LogP contribution < -0.4 is 4.90 Å². The molecule has 6 atom stereocenters. The van der Waals surface area contributed by atoms with Gasteiger partial charge in [-0.1, -0.05) is 29.8 Å². The summed E-state index contributed by atoms with van der Waals surface area (Å²) in [5.41, 5.74) is 0.158. The zero-order valence-corrected chi connectivity index (χ0v) is 20.5. The minimum atomic E-state index is -1.17. The molecule has 1 aromatic carbocycles. The number of aliphatic hydroxyl groups is 1. The third-order valence-electron chi connectivity index (χ3n) is 7.31. The number of nitrogens with zero attached hydrogens (tertiary/aromatic N) is 2. The van der Waals surface area contributed by atoms with Crippen molar-refractivity contribution in [1.82, 2.24) is 4.90 Å². The molecule has 34 heavy (non-hydrogen) atoms. The van der Waals surface area contributed by atoms with Gasteiger partial charge in [-0.15, -0.1) is 6.58 Å². The van der Waals surface area contributed by atoms with Crippen LogP contribution in [0, 0.1) is 18.8 Å². The first-order valence-electron chi connectivity index (χ1n) is 11.7. The van der Waals surface area contributed by atoms with Crippen LogP contribution in [-0.4, -0.2) is 71.3 Å². The van der Waals surface area contributed by atoms with Gasteiger partial charge in [-0.2, -0.15) is 0 Å². The third kappa shape index (κ3) is 3.54. The second kappa shape index (κ2) is 9.32. The summed E-state index contributed by atoms with van der Waals surface area (Å²) in [4.78, 5) is 43.8. The summed E-state index contributed by atoms with van der Waals surface area (Å²) >= 11 is 6.51. The lowest BCUT2D eigenvalue weighted by Crippen LogP contribution is -2.58. The molecule has 0 aliphatic carbocycles. The summed E-state index contributed by atoms with van der Waals surface area (Å²) in [6.45, 7) is 9.07. The van der Waals surface area contributed by atoms with Crippen molar-refractivity contribution in [3.05, 3.63) is 41.4 Å². The summed E-state index contributed by atoms with van der Waals surface area (Å²) in [7, 11) is 0. The molecule has 0 radical (unpaired) electrons. The number of esters is 1. The second-order valence-corrected chi connectivity index (χ2v) is 9.64. The first-order chi connectivity index (χ1) is 16.2. The number of ether oxygens (including phenoxy) is 2. The van der Waals surface area contributed by atoms with E-state index in [9.17, 15) is 19.5 Å². The summed E-state index contributed by atoms with van der Waals surface area (Å²) in [6.07, 6.45) is 2.12. The number of anilines is 1. The van der Waals surface area contributed by atoms with Crippen LogP contribution in [-0.2, 0) is 23.9 Å². The molecule has 4 rings (SSSR count). The van der Waals surface area contributed by atoms with Crippen molar-refractivity contribution in [2.45, 2.75) is 57.4 Å². The summed E-state index contributed by atoms with van der Waals surface area (Å²) < 4.78 is 11.6. The van der Waals surface area contributed by atoms with E-state index in [2.05, 4.69) is 6.58 Å². The molecule has 3 saturated heterocycles. The molecular formula is C25H31ClN2O6. The number of para-hydroxylation sites is 1. The van der Waals surface area contributed by atoms with Gasteiger partial charge >= 0.3 is 5.97 Å². The van der Waals surface area contributed by atoms with Crippen LogP contribution in [0.15, 0.2) is 30.9 Å². The van der Waals surface area contributed by atoms with Crippen molar-refractivity contribution < 1.29 is 29.0 Å². The molecule has 1 spiro atoms. The van der Waals surface area contributed by atoms with Gasteiger partial charge < -0.3 is 24.4 Å². The van der Waals surface area contributed by atoms with E-state index in [0.717, 1.165) is 5.56 Å². The van der Waals surface area contributed by atoms with Gasteiger partial charge in [0.25, 0.3) is 5.91 Å². The Labute approximate surface area is 204 Å². The lowest BCUT2D eigenvalue weighted by atomic mass is 9.70. The van der Waals surface area contributed by atoms with Crippen LogP contribution in [0.5, 0.6) is 0 Å². The topological polar surface area (TPSA) is 96.4 Å². The molecule has 2 unspecified atom stereocenters. The summed E-state index contributed by atoms with van der Waals surface area (Å²) in [6, 6.07) is 3.69. The van der Waals surface area contributed by atoms with E-state index in [1.807, 2.05) is 13.0 Å². The maximum atomic E-state index is 14.3.